The molecule has 0 unspecified atom stereocenters. The standard InChI is InChI=1S/C24H24ClNO3S/c1-5-29-23(28)20-21(27)19(14-15-6-8-16(9-7-15)24(2,3)4)30-22(20)26-18-12-10-17(25)11-13-18/h6-14,27H,5H2,1-4H3. The van der Waals surface area contributed by atoms with Gasteiger partial charge in [-0.25, -0.2) is 9.79 Å². The topological polar surface area (TPSA) is 58.9 Å². The van der Waals surface area contributed by atoms with Gasteiger partial charge in [0.1, 0.15) is 16.4 Å². The molecule has 6 heteroatoms. The highest BCUT2D eigenvalue weighted by atomic mass is 35.5. The molecule has 0 bridgehead atoms. The van der Waals surface area contributed by atoms with E-state index in [0.717, 1.165) is 5.56 Å². The van der Waals surface area contributed by atoms with E-state index in [0.29, 0.717) is 20.7 Å². The van der Waals surface area contributed by atoms with E-state index < -0.39 is 5.97 Å². The first-order valence-electron chi connectivity index (χ1n) is 9.64. The summed E-state index contributed by atoms with van der Waals surface area (Å²) in [6.45, 7) is 8.41. The summed E-state index contributed by atoms with van der Waals surface area (Å²) in [4.78, 5) is 17.6. The second-order valence-corrected chi connectivity index (χ2v) is 9.29. The average molecular weight is 442 g/mol. The van der Waals surface area contributed by atoms with Crippen molar-refractivity contribution in [3.8, 4) is 0 Å². The predicted octanol–water partition coefficient (Wildman–Crippen LogP) is 6.83. The number of aliphatic hydroxyl groups is 1. The van der Waals surface area contributed by atoms with Gasteiger partial charge in [-0.15, -0.1) is 0 Å². The third-order valence-electron chi connectivity index (χ3n) is 4.50. The van der Waals surface area contributed by atoms with Crippen LogP contribution in [-0.4, -0.2) is 22.7 Å². The number of rotatable bonds is 4. The largest absolute Gasteiger partial charge is 0.506 e. The first kappa shape index (κ1) is 22.2. The molecular weight excluding hydrogens is 418 g/mol. The molecule has 0 fully saturated rings. The molecule has 0 aromatic heterocycles. The number of aliphatic hydroxyl groups excluding tert-OH is 1. The maximum Gasteiger partial charge on any atom is 0.344 e. The number of thioether (sulfide) groups is 1. The van der Waals surface area contributed by atoms with E-state index in [9.17, 15) is 9.90 Å². The second kappa shape index (κ2) is 9.11. The molecule has 3 rings (SSSR count). The lowest BCUT2D eigenvalue weighted by Crippen LogP contribution is -2.12. The molecule has 0 radical (unpaired) electrons. The molecule has 4 nitrogen and oxygen atoms in total. The van der Waals surface area contributed by atoms with Crippen LogP contribution in [0.15, 0.2) is 69.8 Å². The van der Waals surface area contributed by atoms with Crippen LogP contribution in [-0.2, 0) is 14.9 Å². The van der Waals surface area contributed by atoms with Gasteiger partial charge in [-0.05, 0) is 53.8 Å². The number of carbonyl (C=O) groups is 1. The Morgan fingerprint density at radius 3 is 2.33 bits per heavy atom. The summed E-state index contributed by atoms with van der Waals surface area (Å²) in [6, 6.07) is 15.1. The maximum absolute atomic E-state index is 12.5. The zero-order chi connectivity index (χ0) is 21.9. The SMILES string of the molecule is CCOC(=O)C1=C(O)C(=Cc2ccc(C(C)(C)C)cc2)SC1=Nc1ccc(Cl)cc1. The molecule has 1 aliphatic rings. The Morgan fingerprint density at radius 1 is 1.13 bits per heavy atom. The van der Waals surface area contributed by atoms with Crippen molar-refractivity contribution >= 4 is 46.1 Å². The van der Waals surface area contributed by atoms with Crippen molar-refractivity contribution in [3.05, 3.63) is 80.9 Å². The van der Waals surface area contributed by atoms with Gasteiger partial charge in [-0.3, -0.25) is 0 Å². The number of carbonyl (C=O) groups excluding carboxylic acids is 1. The van der Waals surface area contributed by atoms with Crippen LogP contribution in [0.4, 0.5) is 5.69 Å². The molecule has 1 heterocycles. The molecule has 0 amide bonds. The molecule has 0 aliphatic carbocycles. The Labute approximate surface area is 186 Å². The minimum absolute atomic E-state index is 0.0608. The Bertz CT molecular complexity index is 1030. The fraction of sp³-hybridized carbons (Fsp3) is 0.250. The van der Waals surface area contributed by atoms with Crippen LogP contribution < -0.4 is 0 Å². The van der Waals surface area contributed by atoms with Crippen molar-refractivity contribution < 1.29 is 14.6 Å². The highest BCUT2D eigenvalue weighted by molar-refractivity contribution is 8.18. The van der Waals surface area contributed by atoms with Crippen molar-refractivity contribution in [1.29, 1.82) is 0 Å². The van der Waals surface area contributed by atoms with Crippen molar-refractivity contribution in [3.63, 3.8) is 0 Å². The van der Waals surface area contributed by atoms with Crippen LogP contribution in [0.1, 0.15) is 38.8 Å². The monoisotopic (exact) mass is 441 g/mol. The summed E-state index contributed by atoms with van der Waals surface area (Å²) >= 11 is 7.18. The van der Waals surface area contributed by atoms with Crippen molar-refractivity contribution in [2.75, 3.05) is 6.61 Å². The Hall–Kier alpha value is -2.50. The number of esters is 1. The van der Waals surface area contributed by atoms with Gasteiger partial charge < -0.3 is 9.84 Å². The van der Waals surface area contributed by atoms with Crippen LogP contribution in [0, 0.1) is 0 Å². The number of hydrogen-bond acceptors (Lipinski definition) is 5. The fourth-order valence-corrected chi connectivity index (χ4v) is 4.02. The minimum Gasteiger partial charge on any atom is -0.506 e. The second-order valence-electron chi connectivity index (χ2n) is 7.82. The Kier molecular flexibility index (Phi) is 6.74. The van der Waals surface area contributed by atoms with E-state index in [1.54, 1.807) is 31.2 Å². The Balaban J connectivity index is 1.99. The molecule has 0 saturated carbocycles. The minimum atomic E-state index is -0.596. The predicted molar refractivity (Wildman–Crippen MR) is 126 cm³/mol. The molecule has 2 aromatic rings. The lowest BCUT2D eigenvalue weighted by Gasteiger charge is -2.18. The van der Waals surface area contributed by atoms with Crippen molar-refractivity contribution in [2.45, 2.75) is 33.1 Å². The van der Waals surface area contributed by atoms with Crippen LogP contribution in [0.3, 0.4) is 0 Å². The molecule has 0 spiro atoms. The quantitative estimate of drug-likeness (QED) is 0.528. The average Bonchev–Trinajstić information content (AvgIpc) is 2.98. The van der Waals surface area contributed by atoms with E-state index in [1.807, 2.05) is 18.2 Å². The van der Waals surface area contributed by atoms with E-state index in [2.05, 4.69) is 37.9 Å². The van der Waals surface area contributed by atoms with Gasteiger partial charge in [0.05, 0.1) is 17.2 Å². The van der Waals surface area contributed by atoms with E-state index in [4.69, 9.17) is 16.3 Å². The number of halogens is 1. The normalized spacial score (nSPS) is 17.1. The van der Waals surface area contributed by atoms with Gasteiger partial charge in [0.2, 0.25) is 0 Å². The summed E-state index contributed by atoms with van der Waals surface area (Å²) < 4.78 is 5.14. The smallest absolute Gasteiger partial charge is 0.344 e. The van der Waals surface area contributed by atoms with Gasteiger partial charge >= 0.3 is 5.97 Å². The third kappa shape index (κ3) is 5.15. The molecule has 156 valence electrons. The highest BCUT2D eigenvalue weighted by Gasteiger charge is 2.33. The molecule has 1 N–H and O–H groups in total. The summed E-state index contributed by atoms with van der Waals surface area (Å²) in [7, 11) is 0. The number of ether oxygens (including phenoxy) is 1. The van der Waals surface area contributed by atoms with Crippen molar-refractivity contribution in [2.24, 2.45) is 4.99 Å². The van der Waals surface area contributed by atoms with Crippen LogP contribution in [0.2, 0.25) is 5.02 Å². The van der Waals surface area contributed by atoms with Crippen LogP contribution in [0.25, 0.3) is 6.08 Å². The third-order valence-corrected chi connectivity index (χ3v) is 5.77. The Morgan fingerprint density at radius 2 is 1.77 bits per heavy atom. The number of nitrogens with zero attached hydrogens (tertiary/aromatic N) is 1. The molecule has 30 heavy (non-hydrogen) atoms. The van der Waals surface area contributed by atoms with Gasteiger partial charge in [0.15, 0.2) is 0 Å². The lowest BCUT2D eigenvalue weighted by molar-refractivity contribution is -0.138. The number of hydrogen-bond donors (Lipinski definition) is 1. The highest BCUT2D eigenvalue weighted by Crippen LogP contribution is 2.40. The molecule has 0 saturated heterocycles. The van der Waals surface area contributed by atoms with Gasteiger partial charge in [0, 0.05) is 5.02 Å². The first-order valence-corrected chi connectivity index (χ1v) is 10.8. The van der Waals surface area contributed by atoms with E-state index >= 15 is 0 Å². The van der Waals surface area contributed by atoms with Gasteiger partial charge in [0.25, 0.3) is 0 Å². The molecule has 2 aromatic carbocycles. The zero-order valence-electron chi connectivity index (χ0n) is 17.4. The number of benzene rings is 2. The lowest BCUT2D eigenvalue weighted by atomic mass is 9.87. The molecular formula is C24H24ClNO3S. The van der Waals surface area contributed by atoms with E-state index in [-0.39, 0.29) is 23.4 Å². The van der Waals surface area contributed by atoms with Crippen LogP contribution >= 0.6 is 23.4 Å². The molecule has 0 atom stereocenters. The zero-order valence-corrected chi connectivity index (χ0v) is 19.0. The van der Waals surface area contributed by atoms with E-state index in [1.165, 1.54) is 17.3 Å². The first-order chi connectivity index (χ1) is 14.2. The van der Waals surface area contributed by atoms with Crippen LogP contribution in [0.5, 0.6) is 0 Å². The fourth-order valence-electron chi connectivity index (χ4n) is 2.86. The number of aliphatic imine (C=N–C) groups is 1. The summed E-state index contributed by atoms with van der Waals surface area (Å²) in [5, 5.41) is 11.8. The van der Waals surface area contributed by atoms with Crippen molar-refractivity contribution in [1.82, 2.24) is 0 Å². The summed E-state index contributed by atoms with van der Waals surface area (Å²) in [5.41, 5.74) is 2.92. The van der Waals surface area contributed by atoms with Gasteiger partial charge in [-0.1, -0.05) is 68.4 Å². The summed E-state index contributed by atoms with van der Waals surface area (Å²) in [6.07, 6.45) is 1.84. The maximum atomic E-state index is 12.5. The molecule has 1 aliphatic heterocycles. The summed E-state index contributed by atoms with van der Waals surface area (Å²) in [5.74, 6) is -0.715. The van der Waals surface area contributed by atoms with Gasteiger partial charge in [-0.2, -0.15) is 0 Å².